The molecule has 14 heavy (non-hydrogen) atoms. The van der Waals surface area contributed by atoms with Gasteiger partial charge in [0.25, 0.3) is 0 Å². The number of benzene rings is 1. The molecule has 0 aliphatic carbocycles. The van der Waals surface area contributed by atoms with Crippen LogP contribution in [0.4, 0.5) is 0 Å². The van der Waals surface area contributed by atoms with Gasteiger partial charge in [-0.1, -0.05) is 37.9 Å². The molecule has 1 aromatic carbocycles. The lowest BCUT2D eigenvalue weighted by atomic mass is 9.99. The molecular formula is C10H14Br2N2. The Morgan fingerprint density at radius 3 is 2.64 bits per heavy atom. The summed E-state index contributed by atoms with van der Waals surface area (Å²) < 4.78 is 2.19. The highest BCUT2D eigenvalue weighted by molar-refractivity contribution is 9.11. The Balaban J connectivity index is 2.92. The monoisotopic (exact) mass is 320 g/mol. The standard InChI is InChI=1S/C10H14Br2N2/c1-14-6-7(5-13)9-3-2-8(11)4-10(9)12/h2-4,7,14H,5-6,13H2,1H3. The molecule has 0 saturated carbocycles. The van der Waals surface area contributed by atoms with Crippen molar-refractivity contribution < 1.29 is 0 Å². The number of halogens is 2. The molecule has 0 amide bonds. The van der Waals surface area contributed by atoms with E-state index in [-0.39, 0.29) is 0 Å². The van der Waals surface area contributed by atoms with Crippen molar-refractivity contribution in [1.29, 1.82) is 0 Å². The Morgan fingerprint density at radius 2 is 2.14 bits per heavy atom. The van der Waals surface area contributed by atoms with Gasteiger partial charge in [-0.3, -0.25) is 0 Å². The minimum absolute atomic E-state index is 0.363. The first-order valence-corrected chi connectivity index (χ1v) is 6.07. The van der Waals surface area contributed by atoms with Crippen molar-refractivity contribution in [3.05, 3.63) is 32.7 Å². The van der Waals surface area contributed by atoms with Crippen LogP contribution in [0.5, 0.6) is 0 Å². The highest BCUT2D eigenvalue weighted by atomic mass is 79.9. The zero-order valence-corrected chi connectivity index (χ0v) is 11.2. The van der Waals surface area contributed by atoms with E-state index in [4.69, 9.17) is 5.73 Å². The second-order valence-corrected chi connectivity index (χ2v) is 4.93. The molecule has 0 fully saturated rings. The minimum Gasteiger partial charge on any atom is -0.330 e. The van der Waals surface area contributed by atoms with Crippen LogP contribution in [-0.2, 0) is 0 Å². The zero-order valence-electron chi connectivity index (χ0n) is 8.06. The van der Waals surface area contributed by atoms with E-state index < -0.39 is 0 Å². The van der Waals surface area contributed by atoms with Crippen LogP contribution < -0.4 is 11.1 Å². The van der Waals surface area contributed by atoms with E-state index in [9.17, 15) is 0 Å². The van der Waals surface area contributed by atoms with Crippen molar-refractivity contribution in [3.8, 4) is 0 Å². The summed E-state index contributed by atoms with van der Waals surface area (Å²) in [6, 6.07) is 6.19. The number of hydrogen-bond donors (Lipinski definition) is 2. The third-order valence-electron chi connectivity index (χ3n) is 2.14. The Morgan fingerprint density at radius 1 is 1.43 bits per heavy atom. The predicted octanol–water partition coefficient (Wildman–Crippen LogP) is 2.47. The van der Waals surface area contributed by atoms with Gasteiger partial charge in [-0.15, -0.1) is 0 Å². The van der Waals surface area contributed by atoms with Crippen molar-refractivity contribution in [2.24, 2.45) is 5.73 Å². The highest BCUT2D eigenvalue weighted by Crippen LogP contribution is 2.27. The van der Waals surface area contributed by atoms with E-state index in [0.717, 1.165) is 15.5 Å². The Kier molecular flexibility index (Phi) is 5.09. The van der Waals surface area contributed by atoms with Crippen molar-refractivity contribution in [2.45, 2.75) is 5.92 Å². The van der Waals surface area contributed by atoms with Gasteiger partial charge in [-0.05, 0) is 24.7 Å². The lowest BCUT2D eigenvalue weighted by Gasteiger charge is -2.16. The van der Waals surface area contributed by atoms with Gasteiger partial charge in [-0.2, -0.15) is 0 Å². The molecule has 0 aliphatic heterocycles. The molecule has 0 heterocycles. The van der Waals surface area contributed by atoms with Crippen molar-refractivity contribution in [3.63, 3.8) is 0 Å². The van der Waals surface area contributed by atoms with Crippen LogP contribution in [0.2, 0.25) is 0 Å². The normalized spacial score (nSPS) is 12.9. The van der Waals surface area contributed by atoms with Crippen LogP contribution in [0, 0.1) is 0 Å². The zero-order chi connectivity index (χ0) is 10.6. The maximum Gasteiger partial charge on any atom is 0.0222 e. The summed E-state index contributed by atoms with van der Waals surface area (Å²) in [5.41, 5.74) is 6.98. The summed E-state index contributed by atoms with van der Waals surface area (Å²) in [4.78, 5) is 0. The van der Waals surface area contributed by atoms with Crippen LogP contribution in [0.1, 0.15) is 11.5 Å². The SMILES string of the molecule is CNCC(CN)c1ccc(Br)cc1Br. The third-order valence-corrected chi connectivity index (χ3v) is 3.32. The predicted molar refractivity (Wildman–Crippen MR) is 67.6 cm³/mol. The summed E-state index contributed by atoms with van der Waals surface area (Å²) in [6.45, 7) is 1.55. The summed E-state index contributed by atoms with van der Waals surface area (Å²) in [7, 11) is 1.94. The fraction of sp³-hybridized carbons (Fsp3) is 0.400. The second-order valence-electron chi connectivity index (χ2n) is 3.16. The molecule has 4 heteroatoms. The van der Waals surface area contributed by atoms with Gasteiger partial charge in [-0.25, -0.2) is 0 Å². The minimum atomic E-state index is 0.363. The molecule has 0 spiro atoms. The first-order valence-electron chi connectivity index (χ1n) is 4.48. The molecule has 1 unspecified atom stereocenters. The molecule has 3 N–H and O–H groups in total. The van der Waals surface area contributed by atoms with E-state index in [0.29, 0.717) is 12.5 Å². The van der Waals surface area contributed by atoms with E-state index in [2.05, 4.69) is 43.2 Å². The van der Waals surface area contributed by atoms with Crippen LogP contribution >= 0.6 is 31.9 Å². The Bertz CT molecular complexity index is 302. The lowest BCUT2D eigenvalue weighted by molar-refractivity contribution is 0.635. The Labute approximate surface area is 102 Å². The van der Waals surface area contributed by atoms with Crippen molar-refractivity contribution >= 4 is 31.9 Å². The van der Waals surface area contributed by atoms with Crippen molar-refractivity contribution in [1.82, 2.24) is 5.32 Å². The molecule has 1 rings (SSSR count). The molecule has 1 aromatic rings. The average Bonchev–Trinajstić information content (AvgIpc) is 2.15. The quantitative estimate of drug-likeness (QED) is 0.894. The number of rotatable bonds is 4. The fourth-order valence-electron chi connectivity index (χ4n) is 1.40. The lowest BCUT2D eigenvalue weighted by Crippen LogP contribution is -2.24. The van der Waals surface area contributed by atoms with E-state index >= 15 is 0 Å². The largest absolute Gasteiger partial charge is 0.330 e. The maximum absolute atomic E-state index is 5.73. The van der Waals surface area contributed by atoms with E-state index in [1.807, 2.05) is 19.2 Å². The van der Waals surface area contributed by atoms with Crippen LogP contribution in [0.15, 0.2) is 27.1 Å². The molecule has 78 valence electrons. The molecule has 0 aliphatic rings. The molecule has 1 atom stereocenters. The van der Waals surface area contributed by atoms with Crippen LogP contribution in [0.25, 0.3) is 0 Å². The van der Waals surface area contributed by atoms with Crippen molar-refractivity contribution in [2.75, 3.05) is 20.1 Å². The van der Waals surface area contributed by atoms with Gasteiger partial charge < -0.3 is 11.1 Å². The Hall–Kier alpha value is 0.1000. The average molecular weight is 322 g/mol. The highest BCUT2D eigenvalue weighted by Gasteiger charge is 2.11. The number of hydrogen-bond acceptors (Lipinski definition) is 2. The van der Waals surface area contributed by atoms with Gasteiger partial charge >= 0.3 is 0 Å². The molecular weight excluding hydrogens is 308 g/mol. The first kappa shape index (κ1) is 12.2. The smallest absolute Gasteiger partial charge is 0.0222 e. The van der Waals surface area contributed by atoms with Gasteiger partial charge in [0.15, 0.2) is 0 Å². The van der Waals surface area contributed by atoms with Crippen LogP contribution in [-0.4, -0.2) is 20.1 Å². The summed E-state index contributed by atoms with van der Waals surface area (Å²) >= 11 is 6.97. The molecule has 0 saturated heterocycles. The summed E-state index contributed by atoms with van der Waals surface area (Å²) in [5, 5.41) is 3.15. The van der Waals surface area contributed by atoms with Gasteiger partial charge in [0.1, 0.15) is 0 Å². The first-order chi connectivity index (χ1) is 6.69. The molecule has 0 aromatic heterocycles. The van der Waals surface area contributed by atoms with Crippen LogP contribution in [0.3, 0.4) is 0 Å². The van der Waals surface area contributed by atoms with Gasteiger partial charge in [0.05, 0.1) is 0 Å². The van der Waals surface area contributed by atoms with E-state index in [1.54, 1.807) is 0 Å². The topological polar surface area (TPSA) is 38.0 Å². The maximum atomic E-state index is 5.73. The molecule has 2 nitrogen and oxygen atoms in total. The second kappa shape index (κ2) is 5.85. The number of nitrogens with one attached hydrogen (secondary N) is 1. The summed E-state index contributed by atoms with van der Waals surface area (Å²) in [5.74, 6) is 0.363. The van der Waals surface area contributed by atoms with E-state index in [1.165, 1.54) is 5.56 Å². The number of likely N-dealkylation sites (N-methyl/N-ethyl adjacent to an activating group) is 1. The fourth-order valence-corrected chi connectivity index (χ4v) is 2.77. The number of nitrogens with two attached hydrogens (primary N) is 1. The third kappa shape index (κ3) is 3.05. The molecule has 0 bridgehead atoms. The molecule has 0 radical (unpaired) electrons. The van der Waals surface area contributed by atoms with Gasteiger partial charge in [0, 0.05) is 28.0 Å². The summed E-state index contributed by atoms with van der Waals surface area (Å²) in [6.07, 6.45) is 0. The van der Waals surface area contributed by atoms with Gasteiger partial charge in [0.2, 0.25) is 0 Å².